The molecule has 0 aliphatic heterocycles. The zero-order valence-electron chi connectivity index (χ0n) is 20.5. The Morgan fingerprint density at radius 2 is 1.61 bits per heavy atom. The van der Waals surface area contributed by atoms with Gasteiger partial charge in [0.1, 0.15) is 23.3 Å². The smallest absolute Gasteiger partial charge is 0.261 e. The van der Waals surface area contributed by atoms with E-state index in [4.69, 9.17) is 14.2 Å². The summed E-state index contributed by atoms with van der Waals surface area (Å²) >= 11 is 0. The third-order valence-corrected chi connectivity index (χ3v) is 5.51. The molecule has 33 heavy (non-hydrogen) atoms. The van der Waals surface area contributed by atoms with E-state index < -0.39 is 6.04 Å². The average Bonchev–Trinajstić information content (AvgIpc) is 2.81. The monoisotopic (exact) mass is 456 g/mol. The lowest BCUT2D eigenvalue weighted by molar-refractivity contribution is -0.143. The molecule has 2 rings (SSSR count). The van der Waals surface area contributed by atoms with Gasteiger partial charge in [-0.3, -0.25) is 9.59 Å². The van der Waals surface area contributed by atoms with E-state index in [0.717, 1.165) is 17.5 Å². The molecular formula is C26H36N2O5. The SMILES string of the molecule is CC[C@@H](C)NC(=O)[C@@H](CC)N(Cc1cccc(C)c1)C(=O)COc1cc(OC)cc(OC)c1. The maximum atomic E-state index is 13.3. The van der Waals surface area contributed by atoms with Crippen LogP contribution in [0.5, 0.6) is 17.2 Å². The first-order valence-electron chi connectivity index (χ1n) is 11.3. The maximum absolute atomic E-state index is 13.3. The number of rotatable bonds is 12. The van der Waals surface area contributed by atoms with Crippen LogP contribution in [0.25, 0.3) is 0 Å². The molecule has 0 heterocycles. The van der Waals surface area contributed by atoms with Crippen LogP contribution in [-0.4, -0.2) is 49.6 Å². The number of hydrogen-bond donors (Lipinski definition) is 1. The Kier molecular flexibility index (Phi) is 10.0. The fraction of sp³-hybridized carbons (Fsp3) is 0.462. The van der Waals surface area contributed by atoms with E-state index >= 15 is 0 Å². The van der Waals surface area contributed by atoms with Gasteiger partial charge in [0.15, 0.2) is 6.61 Å². The van der Waals surface area contributed by atoms with Crippen molar-refractivity contribution in [3.05, 3.63) is 53.6 Å². The number of amides is 2. The van der Waals surface area contributed by atoms with E-state index in [1.54, 1.807) is 37.3 Å². The lowest BCUT2D eigenvalue weighted by Crippen LogP contribution is -2.51. The van der Waals surface area contributed by atoms with Gasteiger partial charge < -0.3 is 24.4 Å². The first-order chi connectivity index (χ1) is 15.8. The van der Waals surface area contributed by atoms with Crippen molar-refractivity contribution in [1.29, 1.82) is 0 Å². The number of carbonyl (C=O) groups excluding carboxylic acids is 2. The highest BCUT2D eigenvalue weighted by Crippen LogP contribution is 2.27. The zero-order valence-corrected chi connectivity index (χ0v) is 20.5. The van der Waals surface area contributed by atoms with Gasteiger partial charge in [0.2, 0.25) is 5.91 Å². The Labute approximate surface area is 197 Å². The minimum absolute atomic E-state index is 0.0305. The Morgan fingerprint density at radius 1 is 0.970 bits per heavy atom. The van der Waals surface area contributed by atoms with Gasteiger partial charge in [-0.2, -0.15) is 0 Å². The first-order valence-corrected chi connectivity index (χ1v) is 11.3. The van der Waals surface area contributed by atoms with Gasteiger partial charge in [-0.1, -0.05) is 43.7 Å². The molecule has 2 amide bonds. The second-order valence-corrected chi connectivity index (χ2v) is 8.09. The molecule has 0 radical (unpaired) electrons. The average molecular weight is 457 g/mol. The van der Waals surface area contributed by atoms with Crippen LogP contribution in [0.2, 0.25) is 0 Å². The molecule has 0 aliphatic rings. The van der Waals surface area contributed by atoms with Crippen molar-refractivity contribution < 1.29 is 23.8 Å². The number of aryl methyl sites for hydroxylation is 1. The largest absolute Gasteiger partial charge is 0.496 e. The number of benzene rings is 2. The van der Waals surface area contributed by atoms with Gasteiger partial charge in [0.05, 0.1) is 14.2 Å². The molecular weight excluding hydrogens is 420 g/mol. The van der Waals surface area contributed by atoms with E-state index in [1.165, 1.54) is 0 Å². The van der Waals surface area contributed by atoms with Crippen molar-refractivity contribution >= 4 is 11.8 Å². The Bertz CT molecular complexity index is 908. The zero-order chi connectivity index (χ0) is 24.4. The summed E-state index contributed by atoms with van der Waals surface area (Å²) in [7, 11) is 3.10. The van der Waals surface area contributed by atoms with Crippen molar-refractivity contribution in [2.24, 2.45) is 0 Å². The summed E-state index contributed by atoms with van der Waals surface area (Å²) in [6.45, 7) is 7.98. The molecule has 0 aliphatic carbocycles. The third-order valence-electron chi connectivity index (χ3n) is 5.51. The molecule has 0 saturated heterocycles. The van der Waals surface area contributed by atoms with E-state index in [2.05, 4.69) is 5.32 Å². The molecule has 7 nitrogen and oxygen atoms in total. The van der Waals surface area contributed by atoms with Crippen molar-refractivity contribution in [2.75, 3.05) is 20.8 Å². The number of methoxy groups -OCH3 is 2. The molecule has 0 spiro atoms. The second-order valence-electron chi connectivity index (χ2n) is 8.09. The summed E-state index contributed by atoms with van der Waals surface area (Å²) in [5.74, 6) is 1.15. The normalized spacial score (nSPS) is 12.4. The molecule has 0 aromatic heterocycles. The maximum Gasteiger partial charge on any atom is 0.261 e. The minimum Gasteiger partial charge on any atom is -0.496 e. The second kappa shape index (κ2) is 12.7. The Hall–Kier alpha value is -3.22. The third kappa shape index (κ3) is 7.70. The summed E-state index contributed by atoms with van der Waals surface area (Å²) in [6.07, 6.45) is 1.31. The number of nitrogens with one attached hydrogen (secondary N) is 1. The summed E-state index contributed by atoms with van der Waals surface area (Å²) in [4.78, 5) is 27.9. The lowest BCUT2D eigenvalue weighted by Gasteiger charge is -2.31. The van der Waals surface area contributed by atoms with E-state index in [0.29, 0.717) is 30.2 Å². The summed E-state index contributed by atoms with van der Waals surface area (Å²) in [6, 6.07) is 12.5. The van der Waals surface area contributed by atoms with Gasteiger partial charge in [-0.15, -0.1) is 0 Å². The number of hydrogen-bond acceptors (Lipinski definition) is 5. The van der Waals surface area contributed by atoms with Gasteiger partial charge in [-0.05, 0) is 32.3 Å². The number of ether oxygens (including phenoxy) is 3. The highest BCUT2D eigenvalue weighted by atomic mass is 16.5. The predicted octanol–water partition coefficient (Wildman–Crippen LogP) is 4.11. The highest BCUT2D eigenvalue weighted by Gasteiger charge is 2.29. The van der Waals surface area contributed by atoms with Crippen molar-refractivity contribution in [3.8, 4) is 17.2 Å². The molecule has 7 heteroatoms. The van der Waals surface area contributed by atoms with Gasteiger partial charge >= 0.3 is 0 Å². The molecule has 0 fully saturated rings. The van der Waals surface area contributed by atoms with Gasteiger partial charge in [-0.25, -0.2) is 0 Å². The lowest BCUT2D eigenvalue weighted by atomic mass is 10.1. The van der Waals surface area contributed by atoms with Crippen LogP contribution in [0.15, 0.2) is 42.5 Å². The van der Waals surface area contributed by atoms with Crippen LogP contribution in [0.1, 0.15) is 44.7 Å². The number of nitrogens with zero attached hydrogens (tertiary/aromatic N) is 1. The molecule has 2 aromatic rings. The topological polar surface area (TPSA) is 77.1 Å². The molecule has 1 N–H and O–H groups in total. The van der Waals surface area contributed by atoms with Crippen molar-refractivity contribution in [2.45, 2.75) is 59.2 Å². The van der Waals surface area contributed by atoms with Crippen LogP contribution >= 0.6 is 0 Å². The summed E-state index contributed by atoms with van der Waals surface area (Å²) < 4.78 is 16.3. The fourth-order valence-corrected chi connectivity index (χ4v) is 3.46. The van der Waals surface area contributed by atoms with Crippen molar-refractivity contribution in [1.82, 2.24) is 10.2 Å². The van der Waals surface area contributed by atoms with E-state index in [1.807, 2.05) is 52.0 Å². The van der Waals surface area contributed by atoms with Crippen LogP contribution in [0.3, 0.4) is 0 Å². The molecule has 2 atom stereocenters. The van der Waals surface area contributed by atoms with Crippen LogP contribution in [0.4, 0.5) is 0 Å². The van der Waals surface area contributed by atoms with E-state index in [9.17, 15) is 9.59 Å². The molecule has 0 unspecified atom stereocenters. The molecule has 0 bridgehead atoms. The summed E-state index contributed by atoms with van der Waals surface area (Å²) in [5, 5.41) is 3.01. The minimum atomic E-state index is -0.601. The quantitative estimate of drug-likeness (QED) is 0.520. The molecule has 180 valence electrons. The van der Waals surface area contributed by atoms with Crippen LogP contribution in [0, 0.1) is 6.92 Å². The van der Waals surface area contributed by atoms with E-state index in [-0.39, 0.29) is 24.5 Å². The Morgan fingerprint density at radius 3 is 2.15 bits per heavy atom. The summed E-state index contributed by atoms with van der Waals surface area (Å²) in [5.41, 5.74) is 2.05. The fourth-order valence-electron chi connectivity index (χ4n) is 3.46. The van der Waals surface area contributed by atoms with Crippen molar-refractivity contribution in [3.63, 3.8) is 0 Å². The van der Waals surface area contributed by atoms with Gasteiger partial charge in [0, 0.05) is 30.8 Å². The van der Waals surface area contributed by atoms with Gasteiger partial charge in [0.25, 0.3) is 5.91 Å². The van der Waals surface area contributed by atoms with Crippen LogP contribution < -0.4 is 19.5 Å². The molecule has 2 aromatic carbocycles. The molecule has 0 saturated carbocycles. The Balaban J connectivity index is 2.25. The number of carbonyl (C=O) groups is 2. The predicted molar refractivity (Wildman–Crippen MR) is 129 cm³/mol. The first kappa shape index (κ1) is 26.0. The highest BCUT2D eigenvalue weighted by molar-refractivity contribution is 5.88. The standard InChI is InChI=1S/C26H36N2O5/c1-7-19(4)27-26(30)24(8-2)28(16-20-11-9-10-18(3)12-20)25(29)17-33-23-14-21(31-5)13-22(15-23)32-6/h9-15,19,24H,7-8,16-17H2,1-6H3,(H,27,30)/t19-,24-/m1/s1. The van der Waals surface area contributed by atoms with Crippen LogP contribution in [-0.2, 0) is 16.1 Å².